The van der Waals surface area contributed by atoms with Crippen molar-refractivity contribution in [2.75, 3.05) is 14.2 Å². The van der Waals surface area contributed by atoms with Gasteiger partial charge in [0.1, 0.15) is 11.5 Å². The Hall–Kier alpha value is -2.96. The van der Waals surface area contributed by atoms with E-state index in [4.69, 9.17) is 14.3 Å². The number of benzene rings is 1. The normalized spacial score (nSPS) is 13.1. The van der Waals surface area contributed by atoms with Gasteiger partial charge in [0.15, 0.2) is 11.6 Å². The SMILES string of the molecule is CCCCCCCCCC(=O)ON=C(CCCCCC)c1cc(OC)c2c(c1OC)C(=O)C=CC2=O. The van der Waals surface area contributed by atoms with E-state index in [0.29, 0.717) is 24.1 Å². The minimum absolute atomic E-state index is 0.148. The highest BCUT2D eigenvalue weighted by Crippen LogP contribution is 2.38. The average Bonchev–Trinajstić information content (AvgIpc) is 2.88. The second kappa shape index (κ2) is 15.9. The Labute approximate surface area is 215 Å². The number of ether oxygens (including phenoxy) is 2. The zero-order chi connectivity index (χ0) is 26.3. The van der Waals surface area contributed by atoms with Crippen LogP contribution in [0.2, 0.25) is 0 Å². The molecule has 1 aromatic rings. The van der Waals surface area contributed by atoms with Gasteiger partial charge in [-0.05, 0) is 37.5 Å². The molecule has 1 aliphatic rings. The van der Waals surface area contributed by atoms with E-state index >= 15 is 0 Å². The first-order valence-electron chi connectivity index (χ1n) is 13.3. The van der Waals surface area contributed by atoms with Crippen molar-refractivity contribution in [2.24, 2.45) is 5.16 Å². The summed E-state index contributed by atoms with van der Waals surface area (Å²) in [6.07, 6.45) is 15.1. The molecule has 7 nitrogen and oxygen atoms in total. The van der Waals surface area contributed by atoms with Crippen LogP contribution in [0, 0.1) is 0 Å². The maximum atomic E-state index is 12.7. The average molecular weight is 500 g/mol. The Morgan fingerprint density at radius 2 is 1.31 bits per heavy atom. The third kappa shape index (κ3) is 8.32. The first kappa shape index (κ1) is 29.3. The lowest BCUT2D eigenvalue weighted by atomic mass is 9.88. The summed E-state index contributed by atoms with van der Waals surface area (Å²) in [5.74, 6) is -0.547. The molecule has 0 fully saturated rings. The van der Waals surface area contributed by atoms with Gasteiger partial charge in [0, 0.05) is 12.0 Å². The molecule has 0 spiro atoms. The zero-order valence-electron chi connectivity index (χ0n) is 22.3. The molecule has 0 radical (unpaired) electrons. The van der Waals surface area contributed by atoms with Crippen LogP contribution in [0.5, 0.6) is 11.5 Å². The van der Waals surface area contributed by atoms with Gasteiger partial charge in [-0.2, -0.15) is 0 Å². The van der Waals surface area contributed by atoms with E-state index < -0.39 is 0 Å². The Bertz CT molecular complexity index is 963. The van der Waals surface area contributed by atoms with Gasteiger partial charge >= 0.3 is 5.97 Å². The van der Waals surface area contributed by atoms with Gasteiger partial charge in [-0.15, -0.1) is 0 Å². The molecule has 0 saturated carbocycles. The standard InChI is InChI=1S/C29H41NO6/c1-5-7-9-11-12-13-15-17-26(33)36-30-22(16-14-10-8-6-2)21-20-25(34-3)27-23(31)18-19-24(32)28(27)29(21)35-4/h18-20H,5-17H2,1-4H3. The molecule has 0 amide bonds. The number of rotatable bonds is 17. The van der Waals surface area contributed by atoms with Crippen LogP contribution in [-0.4, -0.2) is 37.5 Å². The van der Waals surface area contributed by atoms with Crippen LogP contribution in [0.15, 0.2) is 23.4 Å². The summed E-state index contributed by atoms with van der Waals surface area (Å²) < 4.78 is 11.1. The van der Waals surface area contributed by atoms with Gasteiger partial charge in [0.25, 0.3) is 0 Å². The number of carbonyl (C=O) groups is 3. The predicted octanol–water partition coefficient (Wildman–Crippen LogP) is 7.00. The van der Waals surface area contributed by atoms with Crippen molar-refractivity contribution < 1.29 is 28.7 Å². The molecule has 0 heterocycles. The lowest BCUT2D eigenvalue weighted by Crippen LogP contribution is -2.18. The minimum atomic E-state index is -0.382. The molecule has 0 bridgehead atoms. The summed E-state index contributed by atoms with van der Waals surface area (Å²) in [6, 6.07) is 1.64. The van der Waals surface area contributed by atoms with Crippen molar-refractivity contribution in [3.63, 3.8) is 0 Å². The summed E-state index contributed by atoms with van der Waals surface area (Å²) in [5.41, 5.74) is 1.30. The maximum absolute atomic E-state index is 12.7. The smallest absolute Gasteiger partial charge is 0.335 e. The first-order chi connectivity index (χ1) is 17.5. The number of fused-ring (bicyclic) bond motifs is 1. The van der Waals surface area contributed by atoms with Gasteiger partial charge in [-0.1, -0.05) is 76.8 Å². The van der Waals surface area contributed by atoms with Crippen LogP contribution >= 0.6 is 0 Å². The summed E-state index contributed by atoms with van der Waals surface area (Å²) in [5, 5.41) is 4.23. The largest absolute Gasteiger partial charge is 0.496 e. The van der Waals surface area contributed by atoms with Crippen LogP contribution in [0.1, 0.15) is 124 Å². The molecule has 198 valence electrons. The molecule has 0 aromatic heterocycles. The van der Waals surface area contributed by atoms with E-state index in [-0.39, 0.29) is 40.2 Å². The van der Waals surface area contributed by atoms with Crippen molar-refractivity contribution in [3.05, 3.63) is 34.9 Å². The third-order valence-electron chi connectivity index (χ3n) is 6.37. The second-order valence-electron chi connectivity index (χ2n) is 9.15. The Kier molecular flexibility index (Phi) is 12.9. The minimum Gasteiger partial charge on any atom is -0.496 e. The fraction of sp³-hybridized carbons (Fsp3) is 0.586. The Balaban J connectivity index is 2.25. The molecule has 1 aromatic carbocycles. The molecule has 0 unspecified atom stereocenters. The molecule has 1 aliphatic carbocycles. The van der Waals surface area contributed by atoms with Crippen LogP contribution in [0.25, 0.3) is 0 Å². The summed E-state index contributed by atoms with van der Waals surface area (Å²) in [6.45, 7) is 4.33. The number of methoxy groups -OCH3 is 2. The third-order valence-corrected chi connectivity index (χ3v) is 6.37. The van der Waals surface area contributed by atoms with Crippen molar-refractivity contribution in [1.29, 1.82) is 0 Å². The van der Waals surface area contributed by atoms with Gasteiger partial charge in [0.2, 0.25) is 0 Å². The monoisotopic (exact) mass is 499 g/mol. The molecule has 0 atom stereocenters. The van der Waals surface area contributed by atoms with Crippen LogP contribution < -0.4 is 9.47 Å². The molecule has 0 saturated heterocycles. The van der Waals surface area contributed by atoms with Crippen molar-refractivity contribution in [3.8, 4) is 11.5 Å². The summed E-state index contributed by atoms with van der Waals surface area (Å²) in [4.78, 5) is 43.0. The molecule has 7 heteroatoms. The van der Waals surface area contributed by atoms with Crippen LogP contribution in [-0.2, 0) is 9.63 Å². The zero-order valence-corrected chi connectivity index (χ0v) is 22.3. The molecule has 0 aliphatic heterocycles. The van der Waals surface area contributed by atoms with Crippen molar-refractivity contribution in [1.82, 2.24) is 0 Å². The number of carbonyl (C=O) groups excluding carboxylic acids is 3. The number of oxime groups is 1. The summed E-state index contributed by atoms with van der Waals surface area (Å²) in [7, 11) is 2.89. The van der Waals surface area contributed by atoms with Gasteiger partial charge in [0.05, 0.1) is 31.1 Å². The highest BCUT2D eigenvalue weighted by atomic mass is 16.7. The van der Waals surface area contributed by atoms with E-state index in [2.05, 4.69) is 19.0 Å². The molecular formula is C29H41NO6. The van der Waals surface area contributed by atoms with Crippen molar-refractivity contribution in [2.45, 2.75) is 97.3 Å². The Morgan fingerprint density at radius 3 is 1.92 bits per heavy atom. The lowest BCUT2D eigenvalue weighted by molar-refractivity contribution is -0.143. The van der Waals surface area contributed by atoms with E-state index in [1.54, 1.807) is 6.07 Å². The predicted molar refractivity (Wildman–Crippen MR) is 141 cm³/mol. The van der Waals surface area contributed by atoms with Gasteiger partial charge < -0.3 is 14.3 Å². The first-order valence-corrected chi connectivity index (χ1v) is 13.3. The quantitative estimate of drug-likeness (QED) is 0.0992. The van der Waals surface area contributed by atoms with E-state index in [9.17, 15) is 14.4 Å². The topological polar surface area (TPSA) is 91.3 Å². The number of hydrogen-bond acceptors (Lipinski definition) is 7. The Morgan fingerprint density at radius 1 is 0.750 bits per heavy atom. The number of unbranched alkanes of at least 4 members (excludes halogenated alkanes) is 9. The fourth-order valence-electron chi connectivity index (χ4n) is 4.35. The summed E-state index contributed by atoms with van der Waals surface area (Å²) >= 11 is 0. The number of allylic oxidation sites excluding steroid dienone is 2. The molecular weight excluding hydrogens is 458 g/mol. The van der Waals surface area contributed by atoms with Gasteiger partial charge in [-0.3, -0.25) is 9.59 Å². The highest BCUT2D eigenvalue weighted by molar-refractivity contribution is 6.25. The van der Waals surface area contributed by atoms with E-state index in [1.165, 1.54) is 52.1 Å². The van der Waals surface area contributed by atoms with E-state index in [0.717, 1.165) is 44.9 Å². The van der Waals surface area contributed by atoms with Crippen LogP contribution in [0.3, 0.4) is 0 Å². The highest BCUT2D eigenvalue weighted by Gasteiger charge is 2.31. The van der Waals surface area contributed by atoms with Crippen LogP contribution in [0.4, 0.5) is 0 Å². The maximum Gasteiger partial charge on any atom is 0.335 e. The van der Waals surface area contributed by atoms with Gasteiger partial charge in [-0.25, -0.2) is 4.79 Å². The number of ketones is 2. The van der Waals surface area contributed by atoms with E-state index in [1.807, 2.05) is 0 Å². The lowest BCUT2D eigenvalue weighted by Gasteiger charge is -2.20. The number of nitrogens with zero attached hydrogens (tertiary/aromatic N) is 1. The van der Waals surface area contributed by atoms with Crippen molar-refractivity contribution >= 4 is 23.2 Å². The fourth-order valence-corrected chi connectivity index (χ4v) is 4.35. The molecule has 0 N–H and O–H groups in total. The second-order valence-corrected chi connectivity index (χ2v) is 9.15. The number of hydrogen-bond donors (Lipinski definition) is 0. The molecule has 2 rings (SSSR count). The molecule has 36 heavy (non-hydrogen) atoms.